The molecule has 9 heteroatoms. The van der Waals surface area contributed by atoms with Crippen LogP contribution in [0.3, 0.4) is 0 Å². The fraction of sp³-hybridized carbons (Fsp3) is 0.455. The summed E-state index contributed by atoms with van der Waals surface area (Å²) in [6.45, 7) is 9.49. The molecule has 8 nitrogen and oxygen atoms in total. The summed E-state index contributed by atoms with van der Waals surface area (Å²) in [6, 6.07) is 4.72. The molecule has 0 aromatic heterocycles. The number of halogens is 1. The third-order valence-electron chi connectivity index (χ3n) is 5.24. The average molecular weight is 428 g/mol. The second-order valence-electron chi connectivity index (χ2n) is 7.38. The molecule has 0 unspecified atom stereocenters. The highest BCUT2D eigenvalue weighted by atomic mass is 19.1. The van der Waals surface area contributed by atoms with Gasteiger partial charge in [0.1, 0.15) is 17.9 Å². The summed E-state index contributed by atoms with van der Waals surface area (Å²) in [7, 11) is 0. The average Bonchev–Trinajstić information content (AvgIpc) is 3.19. The number of hydrogen-bond acceptors (Lipinski definition) is 6. The first kappa shape index (κ1) is 22.8. The van der Waals surface area contributed by atoms with Crippen LogP contribution in [0.1, 0.15) is 19.4 Å². The third-order valence-corrected chi connectivity index (χ3v) is 5.24. The van der Waals surface area contributed by atoms with Crippen molar-refractivity contribution in [3.05, 3.63) is 41.6 Å². The Morgan fingerprint density at radius 1 is 1.29 bits per heavy atom. The second-order valence-corrected chi connectivity index (χ2v) is 7.38. The molecule has 2 aliphatic heterocycles. The first-order valence-corrected chi connectivity index (χ1v) is 10.6. The summed E-state index contributed by atoms with van der Waals surface area (Å²) in [5.41, 5.74) is 2.16. The Balaban J connectivity index is 1.67. The van der Waals surface area contributed by atoms with Crippen molar-refractivity contribution >= 4 is 29.9 Å². The van der Waals surface area contributed by atoms with Gasteiger partial charge in [0.05, 0.1) is 6.20 Å². The Hall–Kier alpha value is -2.91. The zero-order valence-electron chi connectivity index (χ0n) is 18.1. The van der Waals surface area contributed by atoms with Gasteiger partial charge in [-0.05, 0) is 44.0 Å². The van der Waals surface area contributed by atoms with Gasteiger partial charge in [-0.3, -0.25) is 14.7 Å². The molecule has 1 aromatic rings. The fourth-order valence-electron chi connectivity index (χ4n) is 3.54. The Bertz CT molecular complexity index is 888. The van der Waals surface area contributed by atoms with Crippen LogP contribution in [0.4, 0.5) is 10.1 Å². The van der Waals surface area contributed by atoms with Gasteiger partial charge in [0.2, 0.25) is 0 Å². The maximum Gasteiger partial charge on any atom is 0.265 e. The van der Waals surface area contributed by atoms with Gasteiger partial charge in [-0.15, -0.1) is 0 Å². The van der Waals surface area contributed by atoms with Crippen LogP contribution in [0.2, 0.25) is 0 Å². The highest BCUT2D eigenvalue weighted by Gasteiger charge is 2.22. The van der Waals surface area contributed by atoms with Gasteiger partial charge >= 0.3 is 0 Å². The van der Waals surface area contributed by atoms with E-state index >= 15 is 0 Å². The number of piperazine rings is 1. The number of carbonyl (C=O) groups is 1. The van der Waals surface area contributed by atoms with E-state index in [-0.39, 0.29) is 11.7 Å². The molecule has 0 bridgehead atoms. The van der Waals surface area contributed by atoms with Crippen molar-refractivity contribution in [2.45, 2.75) is 20.3 Å². The number of nitrogens with one attached hydrogen (secondary N) is 2. The van der Waals surface area contributed by atoms with Crippen LogP contribution >= 0.6 is 0 Å². The molecule has 0 atom stereocenters. The van der Waals surface area contributed by atoms with E-state index in [9.17, 15) is 9.18 Å². The fourth-order valence-corrected chi connectivity index (χ4v) is 3.54. The van der Waals surface area contributed by atoms with Crippen LogP contribution in [0.15, 0.2) is 45.2 Å². The summed E-state index contributed by atoms with van der Waals surface area (Å²) in [6.07, 6.45) is 5.35. The molecule has 0 spiro atoms. The van der Waals surface area contributed by atoms with Gasteiger partial charge in [-0.25, -0.2) is 14.4 Å². The molecule has 1 amide bonds. The van der Waals surface area contributed by atoms with Crippen molar-refractivity contribution < 1.29 is 9.18 Å². The number of hydrogen-bond donors (Lipinski definition) is 2. The molecule has 166 valence electrons. The molecule has 1 aromatic carbocycles. The zero-order chi connectivity index (χ0) is 22.1. The van der Waals surface area contributed by atoms with Crippen LogP contribution < -0.4 is 15.5 Å². The number of carbonyl (C=O) groups excluding carboxylic acids is 1. The van der Waals surface area contributed by atoms with Gasteiger partial charge in [0.15, 0.2) is 5.82 Å². The minimum Gasteiger partial charge on any atom is -0.350 e. The quantitative estimate of drug-likeness (QED) is 0.487. The maximum atomic E-state index is 13.5. The highest BCUT2D eigenvalue weighted by Crippen LogP contribution is 2.31. The lowest BCUT2D eigenvalue weighted by atomic mass is 10.2. The largest absolute Gasteiger partial charge is 0.350 e. The van der Waals surface area contributed by atoms with Crippen molar-refractivity contribution in [3.8, 4) is 0 Å². The smallest absolute Gasteiger partial charge is 0.265 e. The minimum absolute atomic E-state index is 0.204. The Labute approximate surface area is 182 Å². The Kier molecular flexibility index (Phi) is 8.43. The lowest BCUT2D eigenvalue weighted by molar-refractivity contribution is -0.114. The van der Waals surface area contributed by atoms with E-state index in [1.54, 1.807) is 38.4 Å². The van der Waals surface area contributed by atoms with E-state index in [0.717, 1.165) is 44.0 Å². The van der Waals surface area contributed by atoms with Gasteiger partial charge < -0.3 is 15.5 Å². The van der Waals surface area contributed by atoms with E-state index in [1.165, 1.54) is 12.4 Å². The van der Waals surface area contributed by atoms with Crippen molar-refractivity contribution in [1.29, 1.82) is 0 Å². The molecule has 0 aliphatic carbocycles. The van der Waals surface area contributed by atoms with Crippen LogP contribution in [-0.4, -0.2) is 74.9 Å². The lowest BCUT2D eigenvalue weighted by Crippen LogP contribution is -2.46. The molecular weight excluding hydrogens is 397 g/mol. The van der Waals surface area contributed by atoms with Crippen molar-refractivity contribution in [2.75, 3.05) is 50.7 Å². The number of anilines is 1. The summed E-state index contributed by atoms with van der Waals surface area (Å²) in [5.74, 6) is 0.0886. The molecule has 1 saturated heterocycles. The Morgan fingerprint density at radius 2 is 2.10 bits per heavy atom. The van der Waals surface area contributed by atoms with E-state index in [1.807, 2.05) is 4.90 Å². The van der Waals surface area contributed by atoms with Crippen LogP contribution in [0.5, 0.6) is 0 Å². The van der Waals surface area contributed by atoms with Crippen molar-refractivity contribution in [2.24, 2.45) is 15.0 Å². The van der Waals surface area contributed by atoms with E-state index in [4.69, 9.17) is 0 Å². The summed E-state index contributed by atoms with van der Waals surface area (Å²) in [4.78, 5) is 29.4. The van der Waals surface area contributed by atoms with Crippen LogP contribution in [0, 0.1) is 5.82 Å². The van der Waals surface area contributed by atoms with Gasteiger partial charge in [-0.1, -0.05) is 0 Å². The standard InChI is InChI=1S/C22H30FN7O/c1-3-24-16-28-21(30-10-6-18-14-19(23)4-5-20(18)30)15-27-17(2)22(31)26-9-13-29-11-7-25-8-12-29/h3-5,14-16,25H,6-13H2,1-2H3,(H,26,31)/b21-15-,24-3+,27-17+,28-16-. The van der Waals surface area contributed by atoms with Gasteiger partial charge in [-0.2, -0.15) is 0 Å². The zero-order valence-corrected chi connectivity index (χ0v) is 18.1. The number of nitrogens with zero attached hydrogens (tertiary/aromatic N) is 5. The summed E-state index contributed by atoms with van der Waals surface area (Å²) < 4.78 is 13.5. The van der Waals surface area contributed by atoms with Crippen molar-refractivity contribution in [1.82, 2.24) is 15.5 Å². The molecule has 0 radical (unpaired) electrons. The third kappa shape index (κ3) is 6.53. The van der Waals surface area contributed by atoms with Crippen LogP contribution in [-0.2, 0) is 11.2 Å². The first-order valence-electron chi connectivity index (χ1n) is 10.6. The predicted octanol–water partition coefficient (Wildman–Crippen LogP) is 1.59. The lowest BCUT2D eigenvalue weighted by Gasteiger charge is -2.27. The maximum absolute atomic E-state index is 13.5. The molecule has 2 heterocycles. The first-order chi connectivity index (χ1) is 15.1. The van der Waals surface area contributed by atoms with Gasteiger partial charge in [0.25, 0.3) is 5.91 Å². The molecular formula is C22H30FN7O. The van der Waals surface area contributed by atoms with Gasteiger partial charge in [0, 0.05) is 57.7 Å². The van der Waals surface area contributed by atoms with E-state index in [0.29, 0.717) is 31.0 Å². The molecule has 2 N–H and O–H groups in total. The number of rotatable bonds is 8. The Morgan fingerprint density at radius 3 is 2.87 bits per heavy atom. The molecule has 2 aliphatic rings. The van der Waals surface area contributed by atoms with Crippen molar-refractivity contribution in [3.63, 3.8) is 0 Å². The molecule has 0 saturated carbocycles. The summed E-state index contributed by atoms with van der Waals surface area (Å²) in [5, 5.41) is 6.23. The van der Waals surface area contributed by atoms with E-state index in [2.05, 4.69) is 30.5 Å². The highest BCUT2D eigenvalue weighted by molar-refractivity contribution is 6.38. The number of aliphatic imine (C=N–C) groups is 3. The van der Waals surface area contributed by atoms with Crippen LogP contribution in [0.25, 0.3) is 0 Å². The topological polar surface area (TPSA) is 84.7 Å². The second kappa shape index (κ2) is 11.5. The number of amides is 1. The predicted molar refractivity (Wildman–Crippen MR) is 124 cm³/mol. The summed E-state index contributed by atoms with van der Waals surface area (Å²) >= 11 is 0. The SMILES string of the molecule is C/C=N/C=N\C(=C\N=C(/C)C(=O)NCCN1CCNCC1)N1CCc2cc(F)ccc21. The number of fused-ring (bicyclic) bond motifs is 1. The monoisotopic (exact) mass is 427 g/mol. The molecule has 1 fully saturated rings. The number of benzene rings is 1. The van der Waals surface area contributed by atoms with E-state index < -0.39 is 0 Å². The molecule has 3 rings (SSSR count). The minimum atomic E-state index is -0.253. The molecule has 31 heavy (non-hydrogen) atoms. The normalized spacial score (nSPS) is 18.2.